The second kappa shape index (κ2) is 17.6. The lowest BCUT2D eigenvalue weighted by Crippen LogP contribution is -2.22. The molecule has 0 saturated heterocycles. The third kappa shape index (κ3) is 8.95. The van der Waals surface area contributed by atoms with Crippen LogP contribution < -0.4 is 9.47 Å². The van der Waals surface area contributed by atoms with Crippen LogP contribution in [0.5, 0.6) is 11.5 Å². The van der Waals surface area contributed by atoms with Gasteiger partial charge in [0.2, 0.25) is 0 Å². The Labute approximate surface area is 275 Å². The van der Waals surface area contributed by atoms with Crippen LogP contribution in [-0.4, -0.2) is 39.4 Å². The van der Waals surface area contributed by atoms with Crippen LogP contribution in [-0.2, 0) is 19.1 Å². The fraction of sp³-hybridized carbons (Fsp3) is 0.600. The Morgan fingerprint density at radius 3 is 1.26 bits per heavy atom. The normalized spacial score (nSPS) is 17.4. The molecule has 250 valence electrons. The molecule has 2 unspecified atom stereocenters. The van der Waals surface area contributed by atoms with Gasteiger partial charge in [0.15, 0.2) is 0 Å². The number of rotatable bonds is 16. The van der Waals surface area contributed by atoms with E-state index in [1.165, 1.54) is 78.4 Å². The number of carbonyl (C=O) groups excluding carboxylic acids is 2. The van der Waals surface area contributed by atoms with E-state index >= 15 is 0 Å². The summed E-state index contributed by atoms with van der Waals surface area (Å²) < 4.78 is 23.5. The van der Waals surface area contributed by atoms with Crippen LogP contribution in [0.4, 0.5) is 0 Å². The van der Waals surface area contributed by atoms with Crippen molar-refractivity contribution in [3.63, 3.8) is 0 Å². The van der Waals surface area contributed by atoms with Gasteiger partial charge in [-0.25, -0.2) is 0 Å². The monoisotopic (exact) mass is 630 g/mol. The molecule has 2 aliphatic carbocycles. The van der Waals surface area contributed by atoms with E-state index < -0.39 is 0 Å². The molecule has 0 aromatic heterocycles. The molecule has 0 N–H and O–H groups in total. The zero-order valence-corrected chi connectivity index (χ0v) is 28.1. The van der Waals surface area contributed by atoms with Gasteiger partial charge in [0.05, 0.1) is 39.3 Å². The van der Waals surface area contributed by atoms with E-state index in [1.54, 1.807) is 0 Å². The summed E-state index contributed by atoms with van der Waals surface area (Å²) in [5.41, 5.74) is 0. The number of methoxy groups -OCH3 is 2. The lowest BCUT2D eigenvalue weighted by Gasteiger charge is -2.25. The molecule has 2 atom stereocenters. The summed E-state index contributed by atoms with van der Waals surface area (Å²) in [6.07, 6.45) is 17.6. The smallest absolute Gasteiger partial charge is 0.308 e. The highest BCUT2D eigenvalue weighted by atomic mass is 16.5. The average molecular weight is 631 g/mol. The third-order valence-corrected chi connectivity index (χ3v) is 10.5. The molecular formula is C40H54O6. The molecule has 0 spiro atoms. The predicted molar refractivity (Wildman–Crippen MR) is 184 cm³/mol. The summed E-state index contributed by atoms with van der Waals surface area (Å²) >= 11 is 0. The highest BCUT2D eigenvalue weighted by Gasteiger charge is 2.26. The molecule has 0 aliphatic heterocycles. The van der Waals surface area contributed by atoms with Crippen molar-refractivity contribution in [1.82, 2.24) is 0 Å². The maximum atomic E-state index is 12.6. The van der Waals surface area contributed by atoms with E-state index in [0.29, 0.717) is 25.0 Å². The van der Waals surface area contributed by atoms with Crippen LogP contribution >= 0.6 is 0 Å². The van der Waals surface area contributed by atoms with Gasteiger partial charge in [-0.05, 0) is 50.4 Å². The van der Waals surface area contributed by atoms with Gasteiger partial charge >= 0.3 is 11.9 Å². The van der Waals surface area contributed by atoms with Crippen molar-refractivity contribution in [2.24, 2.45) is 23.7 Å². The van der Waals surface area contributed by atoms with Gasteiger partial charge in [-0.3, -0.25) is 9.59 Å². The molecule has 2 fully saturated rings. The molecule has 2 saturated carbocycles. The number of hydrogen-bond acceptors (Lipinski definition) is 6. The largest absolute Gasteiger partial charge is 0.492 e. The van der Waals surface area contributed by atoms with E-state index in [9.17, 15) is 9.59 Å². The summed E-state index contributed by atoms with van der Waals surface area (Å²) in [6.45, 7) is 1.06. The molecule has 5 rings (SSSR count). The van der Waals surface area contributed by atoms with Gasteiger partial charge in [-0.1, -0.05) is 113 Å². The van der Waals surface area contributed by atoms with Gasteiger partial charge in [0.1, 0.15) is 11.5 Å². The van der Waals surface area contributed by atoms with E-state index in [0.717, 1.165) is 71.6 Å². The fourth-order valence-electron chi connectivity index (χ4n) is 8.01. The van der Waals surface area contributed by atoms with Gasteiger partial charge in [0, 0.05) is 21.5 Å². The zero-order chi connectivity index (χ0) is 32.1. The average Bonchev–Trinajstić information content (AvgIpc) is 3.11. The number of fused-ring (bicyclic) bond motifs is 2. The van der Waals surface area contributed by atoms with Crippen LogP contribution in [0.25, 0.3) is 21.5 Å². The Kier molecular flexibility index (Phi) is 13.0. The van der Waals surface area contributed by atoms with E-state index in [1.807, 2.05) is 24.3 Å². The minimum absolute atomic E-state index is 0.0672. The molecular weight excluding hydrogens is 576 g/mol. The van der Waals surface area contributed by atoms with E-state index in [-0.39, 0.29) is 23.8 Å². The van der Waals surface area contributed by atoms with Crippen LogP contribution in [0.15, 0.2) is 48.5 Å². The zero-order valence-electron chi connectivity index (χ0n) is 28.1. The van der Waals surface area contributed by atoms with Crippen molar-refractivity contribution in [2.45, 2.75) is 103 Å². The van der Waals surface area contributed by atoms with Crippen LogP contribution in [0.2, 0.25) is 0 Å². The number of hydrogen-bond donors (Lipinski definition) is 0. The van der Waals surface area contributed by atoms with E-state index in [4.69, 9.17) is 18.9 Å². The van der Waals surface area contributed by atoms with Crippen LogP contribution in [0.1, 0.15) is 103 Å². The van der Waals surface area contributed by atoms with Crippen molar-refractivity contribution in [3.05, 3.63) is 48.5 Å². The number of carbonyl (C=O) groups is 2. The van der Waals surface area contributed by atoms with Gasteiger partial charge < -0.3 is 18.9 Å². The Balaban J connectivity index is 1.25. The molecule has 0 heterocycles. The predicted octanol–water partition coefficient (Wildman–Crippen LogP) is 9.83. The minimum atomic E-state index is -0.0881. The first-order valence-corrected chi connectivity index (χ1v) is 17.9. The molecule has 0 radical (unpaired) electrons. The summed E-state index contributed by atoms with van der Waals surface area (Å²) in [5.74, 6) is 2.66. The summed E-state index contributed by atoms with van der Waals surface area (Å²) in [5, 5.41) is 4.08. The maximum absolute atomic E-state index is 12.6. The first-order chi connectivity index (χ1) is 22.6. The van der Waals surface area contributed by atoms with Crippen molar-refractivity contribution < 1.29 is 28.5 Å². The fourth-order valence-corrected chi connectivity index (χ4v) is 8.01. The second-order valence-corrected chi connectivity index (χ2v) is 13.7. The van der Waals surface area contributed by atoms with Gasteiger partial charge in [0.25, 0.3) is 0 Å². The van der Waals surface area contributed by atoms with Crippen LogP contribution in [0, 0.1) is 23.7 Å². The lowest BCUT2D eigenvalue weighted by molar-refractivity contribution is -0.147. The maximum Gasteiger partial charge on any atom is 0.308 e. The number of ether oxygens (including phenoxy) is 4. The molecule has 2 aliphatic rings. The summed E-state index contributed by atoms with van der Waals surface area (Å²) in [7, 11) is 3.01. The Morgan fingerprint density at radius 1 is 0.587 bits per heavy atom. The first-order valence-electron chi connectivity index (χ1n) is 17.9. The standard InChI is InChI=1S/C40H54O6/c1-43-39(41)31(27-29-15-5-3-6-16-29)19-13-25-45-37-33-21-9-11-23-35(33)38(36-24-12-10-22-34(36)37)46-26-14-20-32(40(42)44-2)28-30-17-7-4-8-18-30/h9-12,21-24,29-32H,3-8,13-20,25-28H2,1-2H3. The van der Waals surface area contributed by atoms with Crippen molar-refractivity contribution >= 4 is 33.5 Å². The SMILES string of the molecule is COC(=O)C(CCCOc1c2ccccc2c(OCCCC(CC2CCCCC2)C(=O)OC)c2ccccc12)CC1CCCCC1. The highest BCUT2D eigenvalue weighted by Crippen LogP contribution is 2.43. The second-order valence-electron chi connectivity index (χ2n) is 13.7. The van der Waals surface area contributed by atoms with Gasteiger partial charge in [-0.2, -0.15) is 0 Å². The summed E-state index contributed by atoms with van der Waals surface area (Å²) in [6, 6.07) is 16.6. The van der Waals surface area contributed by atoms with Crippen molar-refractivity contribution in [3.8, 4) is 11.5 Å². The highest BCUT2D eigenvalue weighted by molar-refractivity contribution is 6.11. The number of benzene rings is 3. The lowest BCUT2D eigenvalue weighted by atomic mass is 9.81. The minimum Gasteiger partial charge on any atom is -0.492 e. The molecule has 0 amide bonds. The Morgan fingerprint density at radius 2 is 0.935 bits per heavy atom. The Bertz CT molecular complexity index is 1240. The molecule has 0 bridgehead atoms. The summed E-state index contributed by atoms with van der Waals surface area (Å²) in [4.78, 5) is 25.2. The van der Waals surface area contributed by atoms with Crippen LogP contribution in [0.3, 0.4) is 0 Å². The number of esters is 2. The quantitative estimate of drug-likeness (QED) is 0.0891. The topological polar surface area (TPSA) is 71.1 Å². The molecule has 3 aromatic rings. The van der Waals surface area contributed by atoms with Gasteiger partial charge in [-0.15, -0.1) is 0 Å². The van der Waals surface area contributed by atoms with E-state index in [2.05, 4.69) is 24.3 Å². The Hall–Kier alpha value is -3.28. The molecule has 3 aromatic carbocycles. The molecule has 6 nitrogen and oxygen atoms in total. The van der Waals surface area contributed by atoms with Crippen molar-refractivity contribution in [2.75, 3.05) is 27.4 Å². The third-order valence-electron chi connectivity index (χ3n) is 10.5. The first kappa shape index (κ1) is 34.1. The van der Waals surface area contributed by atoms with Crippen molar-refractivity contribution in [1.29, 1.82) is 0 Å². The molecule has 6 heteroatoms. The molecule has 46 heavy (non-hydrogen) atoms.